The Morgan fingerprint density at radius 1 is 1.41 bits per heavy atom. The minimum absolute atomic E-state index is 0.00751. The average Bonchev–Trinajstić information content (AvgIpc) is 2.26. The van der Waals surface area contributed by atoms with E-state index in [-0.39, 0.29) is 11.3 Å². The number of fused-ring (bicyclic) bond motifs is 1. The smallest absolute Gasteiger partial charge is 0.225 e. The Morgan fingerprint density at radius 3 is 2.71 bits per heavy atom. The maximum absolute atomic E-state index is 11.6. The minimum Gasteiger partial charge on any atom is -0.488 e. The molecule has 1 aromatic heterocycles. The first-order chi connectivity index (χ1) is 7.89. The normalized spacial score (nSPS) is 15.2. The Bertz CT molecular complexity index is 449. The van der Waals surface area contributed by atoms with E-state index in [1.165, 1.54) is 0 Å². The summed E-state index contributed by atoms with van der Waals surface area (Å²) in [5, 5.41) is 0. The van der Waals surface area contributed by atoms with E-state index in [9.17, 15) is 4.79 Å². The molecule has 92 valence electrons. The van der Waals surface area contributed by atoms with E-state index in [4.69, 9.17) is 4.74 Å². The van der Waals surface area contributed by atoms with Crippen LogP contribution in [-0.4, -0.2) is 24.0 Å². The number of amides is 1. The van der Waals surface area contributed by atoms with E-state index in [1.807, 2.05) is 12.1 Å². The molecule has 0 bridgehead atoms. The highest BCUT2D eigenvalue weighted by atomic mass is 16.5. The Morgan fingerprint density at radius 2 is 2.12 bits per heavy atom. The van der Waals surface area contributed by atoms with E-state index in [0.717, 1.165) is 5.69 Å². The molecule has 0 spiro atoms. The zero-order valence-corrected chi connectivity index (χ0v) is 10.8. The van der Waals surface area contributed by atoms with Crippen molar-refractivity contribution in [3.05, 3.63) is 17.8 Å². The lowest BCUT2D eigenvalue weighted by Crippen LogP contribution is -2.37. The summed E-state index contributed by atoms with van der Waals surface area (Å²) < 4.78 is 5.52. The van der Waals surface area contributed by atoms with Gasteiger partial charge < -0.3 is 4.74 Å². The third kappa shape index (κ3) is 2.25. The van der Waals surface area contributed by atoms with Crippen LogP contribution in [0.2, 0.25) is 0 Å². The van der Waals surface area contributed by atoms with Crippen LogP contribution in [0.15, 0.2) is 12.1 Å². The Hall–Kier alpha value is -1.58. The molecule has 0 aromatic carbocycles. The van der Waals surface area contributed by atoms with Crippen LogP contribution in [0, 0.1) is 0 Å². The molecule has 2 rings (SSSR count). The molecule has 0 saturated carbocycles. The number of carbonyl (C=O) groups is 1. The van der Waals surface area contributed by atoms with Gasteiger partial charge in [0.05, 0.1) is 6.54 Å². The average molecular weight is 234 g/mol. The number of hydrogen-bond acceptors (Lipinski definition) is 3. The summed E-state index contributed by atoms with van der Waals surface area (Å²) in [4.78, 5) is 17.8. The van der Waals surface area contributed by atoms with E-state index < -0.39 is 0 Å². The predicted molar refractivity (Wildman–Crippen MR) is 66.5 cm³/mol. The highest BCUT2D eigenvalue weighted by Gasteiger charge is 2.25. The van der Waals surface area contributed by atoms with Gasteiger partial charge in [-0.05, 0) is 12.1 Å². The first-order valence-corrected chi connectivity index (χ1v) is 5.82. The van der Waals surface area contributed by atoms with Crippen molar-refractivity contribution in [2.75, 3.05) is 18.1 Å². The lowest BCUT2D eigenvalue weighted by molar-refractivity contribution is -0.116. The number of pyridine rings is 1. The van der Waals surface area contributed by atoms with E-state index >= 15 is 0 Å². The SMILES string of the molecule is CC(=O)N1CCOc2ccc(C(C)(C)C)nc21. The van der Waals surface area contributed by atoms with E-state index in [2.05, 4.69) is 25.8 Å². The van der Waals surface area contributed by atoms with Crippen molar-refractivity contribution in [2.45, 2.75) is 33.1 Å². The second kappa shape index (κ2) is 4.02. The first kappa shape index (κ1) is 11.9. The topological polar surface area (TPSA) is 42.4 Å². The number of rotatable bonds is 0. The van der Waals surface area contributed by atoms with Gasteiger partial charge in [0.2, 0.25) is 5.91 Å². The van der Waals surface area contributed by atoms with Crippen LogP contribution in [0.25, 0.3) is 0 Å². The number of aromatic nitrogens is 1. The molecular weight excluding hydrogens is 216 g/mol. The quantitative estimate of drug-likeness (QED) is 0.690. The van der Waals surface area contributed by atoms with Crippen LogP contribution in [0.4, 0.5) is 5.82 Å². The van der Waals surface area contributed by atoms with Crippen molar-refractivity contribution in [3.63, 3.8) is 0 Å². The van der Waals surface area contributed by atoms with Gasteiger partial charge in [-0.3, -0.25) is 9.69 Å². The van der Waals surface area contributed by atoms with Crippen molar-refractivity contribution < 1.29 is 9.53 Å². The summed E-state index contributed by atoms with van der Waals surface area (Å²) in [6, 6.07) is 3.86. The highest BCUT2D eigenvalue weighted by Crippen LogP contribution is 2.32. The largest absolute Gasteiger partial charge is 0.488 e. The summed E-state index contributed by atoms with van der Waals surface area (Å²) in [6.45, 7) is 8.96. The number of nitrogens with zero attached hydrogens (tertiary/aromatic N) is 2. The summed E-state index contributed by atoms with van der Waals surface area (Å²) in [6.07, 6.45) is 0. The van der Waals surface area contributed by atoms with Crippen molar-refractivity contribution in [3.8, 4) is 5.75 Å². The fourth-order valence-corrected chi connectivity index (χ4v) is 1.82. The predicted octanol–water partition coefficient (Wildman–Crippen LogP) is 2.12. The van der Waals surface area contributed by atoms with Crippen LogP contribution < -0.4 is 9.64 Å². The molecule has 1 amide bonds. The molecule has 0 saturated heterocycles. The highest BCUT2D eigenvalue weighted by molar-refractivity contribution is 5.92. The molecule has 0 N–H and O–H groups in total. The van der Waals surface area contributed by atoms with Crippen molar-refractivity contribution in [1.82, 2.24) is 4.98 Å². The van der Waals surface area contributed by atoms with Gasteiger partial charge in [0.15, 0.2) is 11.6 Å². The van der Waals surface area contributed by atoms with Crippen LogP contribution in [0.1, 0.15) is 33.4 Å². The van der Waals surface area contributed by atoms with Gasteiger partial charge in [0, 0.05) is 18.0 Å². The summed E-state index contributed by atoms with van der Waals surface area (Å²) in [5.74, 6) is 1.35. The van der Waals surface area contributed by atoms with Gasteiger partial charge in [-0.15, -0.1) is 0 Å². The molecule has 0 aliphatic carbocycles. The summed E-state index contributed by atoms with van der Waals surface area (Å²) in [7, 11) is 0. The monoisotopic (exact) mass is 234 g/mol. The molecular formula is C13H18N2O2. The van der Waals surface area contributed by atoms with Gasteiger partial charge in [0.1, 0.15) is 6.61 Å². The van der Waals surface area contributed by atoms with Gasteiger partial charge in [-0.2, -0.15) is 0 Å². The first-order valence-electron chi connectivity index (χ1n) is 5.82. The molecule has 4 heteroatoms. The summed E-state index contributed by atoms with van der Waals surface area (Å²) >= 11 is 0. The lowest BCUT2D eigenvalue weighted by Gasteiger charge is -2.29. The fourth-order valence-electron chi connectivity index (χ4n) is 1.82. The Kier molecular flexibility index (Phi) is 2.81. The molecule has 1 aromatic rings. The van der Waals surface area contributed by atoms with Gasteiger partial charge in [-0.1, -0.05) is 20.8 Å². The van der Waals surface area contributed by atoms with Crippen molar-refractivity contribution in [2.24, 2.45) is 0 Å². The van der Waals surface area contributed by atoms with Gasteiger partial charge in [0.25, 0.3) is 0 Å². The zero-order chi connectivity index (χ0) is 12.6. The van der Waals surface area contributed by atoms with Crippen molar-refractivity contribution >= 4 is 11.7 Å². The van der Waals surface area contributed by atoms with Crippen LogP contribution >= 0.6 is 0 Å². The molecule has 1 aliphatic rings. The molecule has 1 aliphatic heterocycles. The van der Waals surface area contributed by atoms with Gasteiger partial charge >= 0.3 is 0 Å². The van der Waals surface area contributed by atoms with Crippen molar-refractivity contribution in [1.29, 1.82) is 0 Å². The number of hydrogen-bond donors (Lipinski definition) is 0. The Labute approximate surface area is 102 Å². The molecule has 2 heterocycles. The molecule has 0 radical (unpaired) electrons. The van der Waals surface area contributed by atoms with Crippen LogP contribution in [0.5, 0.6) is 5.75 Å². The number of anilines is 1. The molecule has 17 heavy (non-hydrogen) atoms. The summed E-state index contributed by atoms with van der Waals surface area (Å²) in [5.41, 5.74) is 0.933. The second-order valence-corrected chi connectivity index (χ2v) is 5.29. The molecule has 0 unspecified atom stereocenters. The fraction of sp³-hybridized carbons (Fsp3) is 0.538. The van der Waals surface area contributed by atoms with Crippen LogP contribution in [0.3, 0.4) is 0 Å². The molecule has 0 fully saturated rings. The van der Waals surface area contributed by atoms with Gasteiger partial charge in [-0.25, -0.2) is 4.98 Å². The second-order valence-electron chi connectivity index (χ2n) is 5.29. The molecule has 4 nitrogen and oxygen atoms in total. The number of carbonyl (C=O) groups excluding carboxylic acids is 1. The standard InChI is InChI=1S/C13H18N2O2/c1-9(16)15-7-8-17-10-5-6-11(13(2,3)4)14-12(10)15/h5-6H,7-8H2,1-4H3. The maximum atomic E-state index is 11.6. The lowest BCUT2D eigenvalue weighted by atomic mass is 9.91. The number of ether oxygens (including phenoxy) is 1. The van der Waals surface area contributed by atoms with Crippen LogP contribution in [-0.2, 0) is 10.2 Å². The third-order valence-corrected chi connectivity index (χ3v) is 2.82. The minimum atomic E-state index is -0.0328. The molecule has 0 atom stereocenters. The van der Waals surface area contributed by atoms with E-state index in [1.54, 1.807) is 11.8 Å². The maximum Gasteiger partial charge on any atom is 0.225 e. The Balaban J connectivity index is 2.48. The zero-order valence-electron chi connectivity index (χ0n) is 10.8. The third-order valence-electron chi connectivity index (χ3n) is 2.82. The van der Waals surface area contributed by atoms with E-state index in [0.29, 0.717) is 24.7 Å².